The van der Waals surface area contributed by atoms with E-state index in [1.54, 1.807) is 0 Å². The first-order valence-electron chi connectivity index (χ1n) is 7.85. The van der Waals surface area contributed by atoms with Gasteiger partial charge >= 0.3 is 5.97 Å². The number of hydrogen-bond donors (Lipinski definition) is 5. The van der Waals surface area contributed by atoms with Crippen molar-refractivity contribution in [2.75, 3.05) is 13.1 Å². The Kier molecular flexibility index (Phi) is 13.0. The maximum absolute atomic E-state index is 11.9. The van der Waals surface area contributed by atoms with Gasteiger partial charge in [0.2, 0.25) is 5.91 Å². The highest BCUT2D eigenvalue weighted by molar-refractivity contribution is 5.86. The van der Waals surface area contributed by atoms with Crippen LogP contribution in [0.2, 0.25) is 0 Å². The first-order chi connectivity index (χ1) is 12.0. The van der Waals surface area contributed by atoms with E-state index >= 15 is 0 Å². The Hall–Kier alpha value is -2.88. The third-order valence-corrected chi connectivity index (χ3v) is 3.27. The number of unbranched alkanes of at least 4 members (excludes halogenated alkanes) is 2. The van der Waals surface area contributed by atoms with Crippen molar-refractivity contribution in [3.8, 4) is 0 Å². The van der Waals surface area contributed by atoms with E-state index in [1.807, 2.05) is 0 Å². The highest BCUT2D eigenvalue weighted by Gasteiger charge is 2.22. The number of azide groups is 2. The van der Waals surface area contributed by atoms with Crippen LogP contribution in [0.25, 0.3) is 20.9 Å². The van der Waals surface area contributed by atoms with E-state index in [2.05, 4.69) is 36.4 Å². The van der Waals surface area contributed by atoms with E-state index in [0.717, 1.165) is 0 Å². The van der Waals surface area contributed by atoms with Crippen LogP contribution in [-0.2, 0) is 9.59 Å². The second-order valence-corrected chi connectivity index (χ2v) is 5.19. The zero-order valence-electron chi connectivity index (χ0n) is 13.8. The van der Waals surface area contributed by atoms with Gasteiger partial charge in [0.25, 0.3) is 0 Å². The Morgan fingerprint density at radius 3 is 2.00 bits per heavy atom. The number of carbonyl (C=O) groups excluding carboxylic acids is 1. The molecule has 13 heteroatoms. The minimum Gasteiger partial charge on any atom is -0.480 e. The van der Waals surface area contributed by atoms with Crippen LogP contribution in [-0.4, -0.2) is 42.2 Å². The van der Waals surface area contributed by atoms with Crippen molar-refractivity contribution in [3.05, 3.63) is 20.9 Å². The Balaban J connectivity index is 4.06. The molecule has 0 spiro atoms. The van der Waals surface area contributed by atoms with Crippen molar-refractivity contribution in [2.45, 2.75) is 50.6 Å². The predicted octanol–water partition coefficient (Wildman–Crippen LogP) is 0.853. The van der Waals surface area contributed by atoms with Crippen LogP contribution in [0.4, 0.5) is 0 Å². The fourth-order valence-electron chi connectivity index (χ4n) is 1.95. The lowest BCUT2D eigenvalue weighted by atomic mass is 10.1. The molecule has 25 heavy (non-hydrogen) atoms. The SMILES string of the molecule is [N-]=[N+]=NNCCCC[C@H](NC(=O)[C@@H](N)CCCCNN=[N+]=[N-])C(=O)O. The van der Waals surface area contributed by atoms with Gasteiger partial charge in [0.05, 0.1) is 19.1 Å². The van der Waals surface area contributed by atoms with Gasteiger partial charge in [0, 0.05) is 0 Å². The second kappa shape index (κ2) is 14.7. The number of nitrogens with two attached hydrogens (primary N) is 1. The molecule has 0 fully saturated rings. The van der Waals surface area contributed by atoms with Crippen LogP contribution < -0.4 is 21.9 Å². The summed E-state index contributed by atoms with van der Waals surface area (Å²) in [5, 5.41) is 17.9. The van der Waals surface area contributed by atoms with Gasteiger partial charge in [-0.15, -0.1) is 11.1 Å². The summed E-state index contributed by atoms with van der Waals surface area (Å²) in [6, 6.07) is -1.81. The lowest BCUT2D eigenvalue weighted by molar-refractivity contribution is -0.142. The molecule has 0 radical (unpaired) electrons. The van der Waals surface area contributed by atoms with Crippen LogP contribution in [0.15, 0.2) is 10.4 Å². The van der Waals surface area contributed by atoms with Gasteiger partial charge < -0.3 is 16.2 Å². The predicted molar refractivity (Wildman–Crippen MR) is 89.5 cm³/mol. The van der Waals surface area contributed by atoms with Gasteiger partial charge in [-0.25, -0.2) is 4.79 Å². The Labute approximate surface area is 144 Å². The summed E-state index contributed by atoms with van der Waals surface area (Å²) in [7, 11) is 0. The van der Waals surface area contributed by atoms with Gasteiger partial charge in [0.1, 0.15) is 6.04 Å². The summed E-state index contributed by atoms with van der Waals surface area (Å²) in [6.07, 6.45) is 3.08. The number of rotatable bonds is 15. The molecule has 2 atom stereocenters. The third kappa shape index (κ3) is 12.2. The van der Waals surface area contributed by atoms with Crippen molar-refractivity contribution >= 4 is 11.9 Å². The molecule has 0 saturated carbocycles. The molecule has 140 valence electrons. The molecule has 0 unspecified atom stereocenters. The molecular weight excluding hydrogens is 332 g/mol. The van der Waals surface area contributed by atoms with E-state index in [-0.39, 0.29) is 6.42 Å². The molecule has 0 rings (SSSR count). The molecule has 1 amide bonds. The largest absolute Gasteiger partial charge is 0.480 e. The maximum Gasteiger partial charge on any atom is 0.326 e. The van der Waals surface area contributed by atoms with Crippen molar-refractivity contribution in [1.82, 2.24) is 16.2 Å². The number of carboxylic acids is 1. The number of amides is 1. The molecule has 0 aliphatic heterocycles. The minimum absolute atomic E-state index is 0.252. The molecule has 0 heterocycles. The van der Waals surface area contributed by atoms with E-state index < -0.39 is 24.0 Å². The van der Waals surface area contributed by atoms with Crippen molar-refractivity contribution < 1.29 is 14.7 Å². The number of hydrogen-bond acceptors (Lipinski definition) is 5. The van der Waals surface area contributed by atoms with Gasteiger partial charge in [-0.05, 0) is 49.0 Å². The molecule has 0 aromatic rings. The minimum atomic E-state index is -1.12. The van der Waals surface area contributed by atoms with Crippen molar-refractivity contribution in [2.24, 2.45) is 16.2 Å². The van der Waals surface area contributed by atoms with Crippen LogP contribution in [0.3, 0.4) is 0 Å². The summed E-state index contributed by atoms with van der Waals surface area (Å²) in [4.78, 5) is 28.2. The number of carboxylic acid groups (broad SMARTS) is 1. The van der Waals surface area contributed by atoms with Gasteiger partial charge in [-0.1, -0.05) is 0 Å². The highest BCUT2D eigenvalue weighted by atomic mass is 16.4. The second-order valence-electron chi connectivity index (χ2n) is 5.19. The van der Waals surface area contributed by atoms with Crippen LogP contribution >= 0.6 is 0 Å². The number of carbonyl (C=O) groups is 2. The van der Waals surface area contributed by atoms with E-state index in [9.17, 15) is 9.59 Å². The molecule has 0 aliphatic carbocycles. The van der Waals surface area contributed by atoms with Crippen LogP contribution in [0.1, 0.15) is 38.5 Å². The molecule has 0 saturated heterocycles. The topological polar surface area (TPSA) is 214 Å². The average Bonchev–Trinajstić information content (AvgIpc) is 2.59. The molecule has 0 aromatic heterocycles. The molecule has 0 aliphatic rings. The monoisotopic (exact) mass is 356 g/mol. The molecule has 0 bridgehead atoms. The van der Waals surface area contributed by atoms with Gasteiger partial charge in [0.15, 0.2) is 0 Å². The summed E-state index contributed by atoms with van der Waals surface area (Å²) in [5.74, 6) is -1.63. The van der Waals surface area contributed by atoms with Gasteiger partial charge in [-0.3, -0.25) is 15.6 Å². The Morgan fingerprint density at radius 2 is 1.52 bits per heavy atom. The lowest BCUT2D eigenvalue weighted by Crippen LogP contribution is -2.48. The first-order valence-corrected chi connectivity index (χ1v) is 7.85. The normalized spacial score (nSPS) is 12.0. The molecule has 0 aromatic carbocycles. The highest BCUT2D eigenvalue weighted by Crippen LogP contribution is 2.04. The summed E-state index contributed by atoms with van der Waals surface area (Å²) >= 11 is 0. The first kappa shape index (κ1) is 22.1. The average molecular weight is 356 g/mol. The maximum atomic E-state index is 11.9. The van der Waals surface area contributed by atoms with E-state index in [4.69, 9.17) is 21.9 Å². The van der Waals surface area contributed by atoms with E-state index in [1.165, 1.54) is 0 Å². The molecular formula is C12H24N10O3. The number of aliphatic carboxylic acids is 1. The molecule has 13 nitrogen and oxygen atoms in total. The standard InChI is InChI=1S/C12H24N10O3/c13-9(5-1-3-7-16-21-19-14)11(23)18-10(12(24)25)6-2-4-8-17-22-20-15/h9-10,16-17H,1-8,13H2,(H,18,23)(H,24,25)/t9-,10-/m0/s1. The van der Waals surface area contributed by atoms with E-state index in [0.29, 0.717) is 45.2 Å². The Morgan fingerprint density at radius 1 is 1.00 bits per heavy atom. The van der Waals surface area contributed by atoms with Gasteiger partial charge in [-0.2, -0.15) is 9.82 Å². The van der Waals surface area contributed by atoms with Crippen molar-refractivity contribution in [3.63, 3.8) is 0 Å². The number of nitrogens with zero attached hydrogens (tertiary/aromatic N) is 6. The Bertz CT molecular complexity index is 501. The third-order valence-electron chi connectivity index (χ3n) is 3.27. The molecule has 6 N–H and O–H groups in total. The zero-order chi connectivity index (χ0) is 18.9. The lowest BCUT2D eigenvalue weighted by Gasteiger charge is -2.17. The fraction of sp³-hybridized carbons (Fsp3) is 0.833. The summed E-state index contributed by atoms with van der Waals surface area (Å²) in [5.41, 5.74) is 26.9. The summed E-state index contributed by atoms with van der Waals surface area (Å²) < 4.78 is 0. The zero-order valence-corrected chi connectivity index (χ0v) is 13.8. The summed E-state index contributed by atoms with van der Waals surface area (Å²) in [6.45, 7) is 0.897. The smallest absolute Gasteiger partial charge is 0.326 e. The van der Waals surface area contributed by atoms with Crippen LogP contribution in [0, 0.1) is 0 Å². The van der Waals surface area contributed by atoms with Crippen molar-refractivity contribution in [1.29, 1.82) is 0 Å². The van der Waals surface area contributed by atoms with Crippen LogP contribution in [0.5, 0.6) is 0 Å². The fourth-order valence-corrected chi connectivity index (χ4v) is 1.95. The number of nitrogens with one attached hydrogen (secondary N) is 3. The quantitative estimate of drug-likeness (QED) is 0.0941.